The summed E-state index contributed by atoms with van der Waals surface area (Å²) in [6.07, 6.45) is 0.772. The number of nitriles is 1. The molecule has 0 spiro atoms. The van der Waals surface area contributed by atoms with Gasteiger partial charge in [0.05, 0.1) is 17.6 Å². The Morgan fingerprint density at radius 2 is 1.55 bits per heavy atom. The van der Waals surface area contributed by atoms with Crippen molar-refractivity contribution >= 4 is 12.1 Å². The third-order valence-corrected chi connectivity index (χ3v) is 3.19. The molecule has 0 heterocycles. The largest absolute Gasteiger partial charge is 0.299 e. The molecule has 0 aliphatic heterocycles. The average molecular weight is 263 g/mol. The second-order valence-electron chi connectivity index (χ2n) is 4.56. The van der Waals surface area contributed by atoms with E-state index in [1.807, 2.05) is 0 Å². The number of hydrogen-bond donors (Lipinski definition) is 0. The zero-order chi connectivity index (χ0) is 14.5. The smallest absolute Gasteiger partial charge is 0.150 e. The predicted molar refractivity (Wildman–Crippen MR) is 75.5 cm³/mol. The van der Waals surface area contributed by atoms with Crippen LogP contribution in [0.2, 0.25) is 0 Å². The first-order valence-corrected chi connectivity index (χ1v) is 6.21. The molecule has 2 aromatic rings. The second kappa shape index (κ2) is 5.94. The van der Waals surface area contributed by atoms with Crippen molar-refractivity contribution in [2.24, 2.45) is 0 Å². The molecule has 1 unspecified atom stereocenters. The molecule has 0 saturated heterocycles. The minimum absolute atomic E-state index is 0.0218. The molecule has 0 amide bonds. The summed E-state index contributed by atoms with van der Waals surface area (Å²) in [4.78, 5) is 22.6. The van der Waals surface area contributed by atoms with Crippen molar-refractivity contribution in [1.82, 2.24) is 0 Å². The fraction of sp³-hybridized carbons (Fsp3) is 0.118. The molecular weight excluding hydrogens is 250 g/mol. The molecule has 0 N–H and O–H groups in total. The van der Waals surface area contributed by atoms with Crippen molar-refractivity contribution in [3.8, 4) is 6.07 Å². The van der Waals surface area contributed by atoms with Crippen molar-refractivity contribution in [2.45, 2.75) is 12.8 Å². The van der Waals surface area contributed by atoms with E-state index in [1.165, 1.54) is 6.92 Å². The highest BCUT2D eigenvalue weighted by molar-refractivity contribution is 5.87. The van der Waals surface area contributed by atoms with Crippen LogP contribution in [0.15, 0.2) is 48.5 Å². The van der Waals surface area contributed by atoms with Gasteiger partial charge in [0.1, 0.15) is 12.1 Å². The SMILES string of the molecule is CC(=O)C(c1ccc(C#N)cc1)c1ccc(C=O)cc1. The van der Waals surface area contributed by atoms with Gasteiger partial charge in [0.2, 0.25) is 0 Å². The van der Waals surface area contributed by atoms with Gasteiger partial charge in [0, 0.05) is 5.56 Å². The highest BCUT2D eigenvalue weighted by atomic mass is 16.1. The zero-order valence-electron chi connectivity index (χ0n) is 11.0. The number of hydrogen-bond acceptors (Lipinski definition) is 3. The van der Waals surface area contributed by atoms with Crippen LogP contribution in [0.1, 0.15) is 39.9 Å². The molecule has 0 radical (unpaired) electrons. The minimum atomic E-state index is -0.372. The Morgan fingerprint density at radius 1 is 1.05 bits per heavy atom. The number of aldehydes is 1. The maximum absolute atomic E-state index is 11.9. The predicted octanol–water partition coefficient (Wildman–Crippen LogP) is 3.09. The van der Waals surface area contributed by atoms with Crippen LogP contribution in [0, 0.1) is 11.3 Å². The summed E-state index contributed by atoms with van der Waals surface area (Å²) in [6.45, 7) is 1.54. The first kappa shape index (κ1) is 13.7. The molecule has 3 heteroatoms. The Balaban J connectivity index is 2.41. The van der Waals surface area contributed by atoms with Crippen molar-refractivity contribution < 1.29 is 9.59 Å². The van der Waals surface area contributed by atoms with Crippen LogP contribution in [0.4, 0.5) is 0 Å². The summed E-state index contributed by atoms with van der Waals surface area (Å²) < 4.78 is 0. The maximum Gasteiger partial charge on any atom is 0.150 e. The second-order valence-corrected chi connectivity index (χ2v) is 4.56. The lowest BCUT2D eigenvalue weighted by Crippen LogP contribution is -2.10. The molecule has 3 nitrogen and oxygen atoms in total. The minimum Gasteiger partial charge on any atom is -0.299 e. The summed E-state index contributed by atoms with van der Waals surface area (Å²) in [5.41, 5.74) is 2.83. The number of carbonyl (C=O) groups excluding carboxylic acids is 2. The molecule has 2 rings (SSSR count). The quantitative estimate of drug-likeness (QED) is 0.796. The standard InChI is InChI=1S/C17H13NO2/c1-12(20)17(15-6-2-13(10-18)3-7-15)16-8-4-14(11-19)5-9-16/h2-9,11,17H,1H3. The maximum atomic E-state index is 11.9. The molecule has 0 saturated carbocycles. The van der Waals surface area contributed by atoms with E-state index in [9.17, 15) is 9.59 Å². The Hall–Kier alpha value is -2.73. The van der Waals surface area contributed by atoms with Crippen LogP contribution in [-0.2, 0) is 4.79 Å². The van der Waals surface area contributed by atoms with Crippen LogP contribution >= 0.6 is 0 Å². The van der Waals surface area contributed by atoms with E-state index in [2.05, 4.69) is 6.07 Å². The Labute approximate surface area is 117 Å². The van der Waals surface area contributed by atoms with Crippen LogP contribution in [-0.4, -0.2) is 12.1 Å². The van der Waals surface area contributed by atoms with Crippen LogP contribution in [0.25, 0.3) is 0 Å². The molecule has 0 fully saturated rings. The summed E-state index contributed by atoms with van der Waals surface area (Å²) in [6, 6.07) is 16.0. The summed E-state index contributed by atoms with van der Waals surface area (Å²) >= 11 is 0. The molecule has 2 aromatic carbocycles. The summed E-state index contributed by atoms with van der Waals surface area (Å²) in [5.74, 6) is -0.350. The monoisotopic (exact) mass is 263 g/mol. The van der Waals surface area contributed by atoms with Gasteiger partial charge >= 0.3 is 0 Å². The van der Waals surface area contributed by atoms with E-state index < -0.39 is 0 Å². The molecule has 0 bridgehead atoms. The van der Waals surface area contributed by atoms with Gasteiger partial charge in [-0.05, 0) is 30.2 Å². The molecule has 98 valence electrons. The van der Waals surface area contributed by atoms with Gasteiger partial charge in [-0.3, -0.25) is 9.59 Å². The van der Waals surface area contributed by atoms with E-state index >= 15 is 0 Å². The van der Waals surface area contributed by atoms with Gasteiger partial charge in [-0.2, -0.15) is 5.26 Å². The van der Waals surface area contributed by atoms with E-state index in [-0.39, 0.29) is 11.7 Å². The fourth-order valence-electron chi connectivity index (χ4n) is 2.18. The lowest BCUT2D eigenvalue weighted by Gasteiger charge is -2.15. The van der Waals surface area contributed by atoms with Crippen molar-refractivity contribution in [3.05, 3.63) is 70.8 Å². The fourth-order valence-corrected chi connectivity index (χ4v) is 2.18. The van der Waals surface area contributed by atoms with Crippen LogP contribution < -0.4 is 0 Å². The Bertz CT molecular complexity index is 664. The number of Topliss-reactive ketones (excluding diaryl/α,β-unsaturated/α-hetero) is 1. The van der Waals surface area contributed by atoms with Crippen LogP contribution in [0.3, 0.4) is 0 Å². The Morgan fingerprint density at radius 3 is 1.95 bits per heavy atom. The van der Waals surface area contributed by atoms with E-state index in [0.29, 0.717) is 11.1 Å². The van der Waals surface area contributed by atoms with Crippen molar-refractivity contribution in [2.75, 3.05) is 0 Å². The van der Waals surface area contributed by atoms with Gasteiger partial charge in [-0.15, -0.1) is 0 Å². The van der Waals surface area contributed by atoms with E-state index in [0.717, 1.165) is 17.4 Å². The number of benzene rings is 2. The van der Waals surface area contributed by atoms with Crippen LogP contribution in [0.5, 0.6) is 0 Å². The third-order valence-electron chi connectivity index (χ3n) is 3.19. The van der Waals surface area contributed by atoms with Crippen molar-refractivity contribution in [1.29, 1.82) is 5.26 Å². The highest BCUT2D eigenvalue weighted by Crippen LogP contribution is 2.26. The number of nitrogens with zero attached hydrogens (tertiary/aromatic N) is 1. The molecule has 0 aromatic heterocycles. The number of rotatable bonds is 4. The number of ketones is 1. The highest BCUT2D eigenvalue weighted by Gasteiger charge is 2.18. The van der Waals surface area contributed by atoms with Gasteiger partial charge in [-0.1, -0.05) is 36.4 Å². The lowest BCUT2D eigenvalue weighted by atomic mass is 9.87. The van der Waals surface area contributed by atoms with Gasteiger partial charge in [0.25, 0.3) is 0 Å². The first-order valence-electron chi connectivity index (χ1n) is 6.21. The normalized spacial score (nSPS) is 11.4. The van der Waals surface area contributed by atoms with E-state index in [4.69, 9.17) is 5.26 Å². The van der Waals surface area contributed by atoms with Gasteiger partial charge < -0.3 is 0 Å². The lowest BCUT2D eigenvalue weighted by molar-refractivity contribution is -0.117. The molecule has 0 aliphatic carbocycles. The van der Waals surface area contributed by atoms with E-state index in [1.54, 1.807) is 48.5 Å². The topological polar surface area (TPSA) is 57.9 Å². The zero-order valence-corrected chi connectivity index (χ0v) is 11.0. The van der Waals surface area contributed by atoms with Crippen molar-refractivity contribution in [3.63, 3.8) is 0 Å². The Kier molecular flexibility index (Phi) is 4.07. The summed E-state index contributed by atoms with van der Waals surface area (Å²) in [7, 11) is 0. The van der Waals surface area contributed by atoms with Gasteiger partial charge in [0.15, 0.2) is 0 Å². The molecular formula is C17H13NO2. The van der Waals surface area contributed by atoms with Gasteiger partial charge in [-0.25, -0.2) is 0 Å². The summed E-state index contributed by atoms with van der Waals surface area (Å²) in [5, 5.41) is 8.80. The molecule has 20 heavy (non-hydrogen) atoms. The average Bonchev–Trinajstić information content (AvgIpc) is 2.48. The molecule has 1 atom stereocenters. The first-order chi connectivity index (χ1) is 9.65. The third kappa shape index (κ3) is 2.81. The number of carbonyl (C=O) groups is 2. The molecule has 0 aliphatic rings.